The van der Waals surface area contributed by atoms with E-state index in [9.17, 15) is 9.90 Å². The number of aliphatic carboxylic acids is 1. The van der Waals surface area contributed by atoms with Gasteiger partial charge in [-0.3, -0.25) is 5.32 Å². The van der Waals surface area contributed by atoms with Crippen LogP contribution in [-0.2, 0) is 10.3 Å². The van der Waals surface area contributed by atoms with Crippen molar-refractivity contribution in [2.24, 2.45) is 0 Å². The molecule has 1 heterocycles. The van der Waals surface area contributed by atoms with Crippen LogP contribution in [0.15, 0.2) is 18.2 Å². The molecule has 0 spiro atoms. The molecule has 1 aromatic rings. The number of benzene rings is 1. The summed E-state index contributed by atoms with van der Waals surface area (Å²) in [5, 5.41) is 13.1. The van der Waals surface area contributed by atoms with Gasteiger partial charge in [0, 0.05) is 6.04 Å². The number of hydrogen-bond acceptors (Lipinski definition) is 4. The van der Waals surface area contributed by atoms with Gasteiger partial charge in [0.2, 0.25) is 6.79 Å². The molecule has 1 aromatic carbocycles. The lowest BCUT2D eigenvalue weighted by molar-refractivity contribution is -0.145. The van der Waals surface area contributed by atoms with E-state index in [2.05, 4.69) is 5.32 Å². The average Bonchev–Trinajstić information content (AvgIpc) is 2.95. The number of hydrogen-bond donors (Lipinski definition) is 2. The second kappa shape index (κ2) is 5.56. The molecule has 0 bridgehead atoms. The van der Waals surface area contributed by atoms with E-state index >= 15 is 0 Å². The normalized spacial score (nSPS) is 21.0. The molecular formula is C16H21NO4. The maximum absolute atomic E-state index is 11.9. The lowest BCUT2D eigenvalue weighted by atomic mass is 9.87. The van der Waals surface area contributed by atoms with Crippen LogP contribution in [0.25, 0.3) is 0 Å². The highest BCUT2D eigenvalue weighted by atomic mass is 16.7. The van der Waals surface area contributed by atoms with Crippen LogP contribution in [-0.4, -0.2) is 23.9 Å². The zero-order chi connectivity index (χ0) is 14.9. The Labute approximate surface area is 124 Å². The van der Waals surface area contributed by atoms with Crippen molar-refractivity contribution in [2.75, 3.05) is 6.79 Å². The molecule has 5 nitrogen and oxygen atoms in total. The molecule has 2 aliphatic rings. The zero-order valence-corrected chi connectivity index (χ0v) is 12.2. The molecule has 1 fully saturated rings. The van der Waals surface area contributed by atoms with E-state index in [0.717, 1.165) is 25.7 Å². The summed E-state index contributed by atoms with van der Waals surface area (Å²) in [6.45, 7) is 1.92. The van der Waals surface area contributed by atoms with Gasteiger partial charge >= 0.3 is 5.97 Å². The van der Waals surface area contributed by atoms with Gasteiger partial charge < -0.3 is 14.6 Å². The van der Waals surface area contributed by atoms with E-state index in [1.165, 1.54) is 6.42 Å². The standard InChI is InChI=1S/C16H21NO4/c1-16(15(18)19,17-12-5-3-2-4-6-12)11-7-8-13-14(9-11)21-10-20-13/h7-9,12,17H,2-6,10H2,1H3,(H,18,19). The molecule has 0 saturated heterocycles. The smallest absolute Gasteiger partial charge is 0.328 e. The van der Waals surface area contributed by atoms with Crippen LogP contribution < -0.4 is 14.8 Å². The van der Waals surface area contributed by atoms with Crippen molar-refractivity contribution in [1.82, 2.24) is 5.32 Å². The van der Waals surface area contributed by atoms with Gasteiger partial charge in [-0.15, -0.1) is 0 Å². The summed E-state index contributed by atoms with van der Waals surface area (Å²) in [5.74, 6) is 0.418. The van der Waals surface area contributed by atoms with Gasteiger partial charge in [-0.05, 0) is 37.5 Å². The number of carbonyl (C=O) groups is 1. The summed E-state index contributed by atoms with van der Waals surface area (Å²) in [4.78, 5) is 11.9. The maximum atomic E-state index is 11.9. The Morgan fingerprint density at radius 3 is 2.67 bits per heavy atom. The molecule has 5 heteroatoms. The molecule has 2 N–H and O–H groups in total. The van der Waals surface area contributed by atoms with Gasteiger partial charge in [0.05, 0.1) is 0 Å². The summed E-state index contributed by atoms with van der Waals surface area (Å²) in [7, 11) is 0. The molecule has 1 saturated carbocycles. The summed E-state index contributed by atoms with van der Waals surface area (Å²) in [6.07, 6.45) is 5.63. The third-order valence-electron chi connectivity index (χ3n) is 4.48. The first-order valence-corrected chi connectivity index (χ1v) is 7.51. The Bertz CT molecular complexity index is 539. The van der Waals surface area contributed by atoms with Crippen molar-refractivity contribution in [3.8, 4) is 11.5 Å². The van der Waals surface area contributed by atoms with Gasteiger partial charge in [0.15, 0.2) is 11.5 Å². The van der Waals surface area contributed by atoms with Gasteiger partial charge in [-0.25, -0.2) is 4.79 Å². The monoisotopic (exact) mass is 291 g/mol. The number of carboxylic acid groups (broad SMARTS) is 1. The first-order chi connectivity index (χ1) is 10.1. The fourth-order valence-corrected chi connectivity index (χ4v) is 3.13. The summed E-state index contributed by atoms with van der Waals surface area (Å²) in [5.41, 5.74) is -0.409. The van der Waals surface area contributed by atoms with E-state index in [1.54, 1.807) is 25.1 Å². The molecule has 0 amide bonds. The third kappa shape index (κ3) is 2.70. The molecule has 1 atom stereocenters. The van der Waals surface area contributed by atoms with Crippen LogP contribution in [0.4, 0.5) is 0 Å². The highest BCUT2D eigenvalue weighted by Gasteiger charge is 2.38. The Balaban J connectivity index is 1.87. The number of carboxylic acids is 1. The summed E-state index contributed by atoms with van der Waals surface area (Å²) >= 11 is 0. The van der Waals surface area contributed by atoms with Gasteiger partial charge in [-0.1, -0.05) is 25.3 Å². The van der Waals surface area contributed by atoms with E-state index in [1.807, 2.05) is 0 Å². The van der Waals surface area contributed by atoms with Crippen molar-refractivity contribution in [1.29, 1.82) is 0 Å². The van der Waals surface area contributed by atoms with E-state index in [4.69, 9.17) is 9.47 Å². The van der Waals surface area contributed by atoms with Crippen molar-refractivity contribution in [3.63, 3.8) is 0 Å². The average molecular weight is 291 g/mol. The second-order valence-electron chi connectivity index (χ2n) is 5.98. The fourth-order valence-electron chi connectivity index (χ4n) is 3.13. The summed E-state index contributed by atoms with van der Waals surface area (Å²) < 4.78 is 10.6. The molecule has 1 aliphatic carbocycles. The maximum Gasteiger partial charge on any atom is 0.328 e. The van der Waals surface area contributed by atoms with Crippen LogP contribution >= 0.6 is 0 Å². The Morgan fingerprint density at radius 2 is 1.95 bits per heavy atom. The Hall–Kier alpha value is -1.75. The number of nitrogens with one attached hydrogen (secondary N) is 1. The quantitative estimate of drug-likeness (QED) is 0.892. The molecule has 1 aliphatic heterocycles. The van der Waals surface area contributed by atoms with Gasteiger partial charge in [0.25, 0.3) is 0 Å². The van der Waals surface area contributed by atoms with Crippen molar-refractivity contribution < 1.29 is 19.4 Å². The zero-order valence-electron chi connectivity index (χ0n) is 12.2. The lowest BCUT2D eigenvalue weighted by Crippen LogP contribution is -2.51. The van der Waals surface area contributed by atoms with Gasteiger partial charge in [-0.2, -0.15) is 0 Å². The third-order valence-corrected chi connectivity index (χ3v) is 4.48. The Morgan fingerprint density at radius 1 is 1.24 bits per heavy atom. The topological polar surface area (TPSA) is 67.8 Å². The first-order valence-electron chi connectivity index (χ1n) is 7.51. The minimum atomic E-state index is -1.11. The van der Waals surface area contributed by atoms with Crippen LogP contribution in [0.1, 0.15) is 44.6 Å². The van der Waals surface area contributed by atoms with E-state index in [0.29, 0.717) is 17.1 Å². The number of rotatable bonds is 4. The van der Waals surface area contributed by atoms with E-state index in [-0.39, 0.29) is 12.8 Å². The van der Waals surface area contributed by atoms with Crippen molar-refractivity contribution >= 4 is 5.97 Å². The largest absolute Gasteiger partial charge is 0.480 e. The molecule has 1 unspecified atom stereocenters. The predicted molar refractivity (Wildman–Crippen MR) is 77.6 cm³/mol. The van der Waals surface area contributed by atoms with Crippen molar-refractivity contribution in [3.05, 3.63) is 23.8 Å². The first kappa shape index (κ1) is 14.2. The number of fused-ring (bicyclic) bond motifs is 1. The van der Waals surface area contributed by atoms with Gasteiger partial charge in [0.1, 0.15) is 5.54 Å². The molecule has 0 radical (unpaired) electrons. The fraction of sp³-hybridized carbons (Fsp3) is 0.562. The second-order valence-corrected chi connectivity index (χ2v) is 5.98. The Kier molecular flexibility index (Phi) is 3.76. The highest BCUT2D eigenvalue weighted by Crippen LogP contribution is 2.36. The minimum absolute atomic E-state index is 0.193. The minimum Gasteiger partial charge on any atom is -0.480 e. The van der Waals surface area contributed by atoms with Crippen LogP contribution in [0.5, 0.6) is 11.5 Å². The molecular weight excluding hydrogens is 270 g/mol. The summed E-state index contributed by atoms with van der Waals surface area (Å²) in [6, 6.07) is 5.61. The van der Waals surface area contributed by atoms with Crippen LogP contribution in [0.2, 0.25) is 0 Å². The van der Waals surface area contributed by atoms with Crippen molar-refractivity contribution in [2.45, 2.75) is 50.6 Å². The van der Waals surface area contributed by atoms with E-state index < -0.39 is 11.5 Å². The molecule has 21 heavy (non-hydrogen) atoms. The predicted octanol–water partition coefficient (Wildman–Crippen LogP) is 2.64. The van der Waals surface area contributed by atoms with Crippen LogP contribution in [0.3, 0.4) is 0 Å². The highest BCUT2D eigenvalue weighted by molar-refractivity contribution is 5.80. The SMILES string of the molecule is CC(NC1CCCCC1)(C(=O)O)c1ccc2c(c1)OCO2. The molecule has 114 valence electrons. The molecule has 0 aromatic heterocycles. The van der Waals surface area contributed by atoms with Crippen LogP contribution in [0, 0.1) is 0 Å². The lowest BCUT2D eigenvalue weighted by Gasteiger charge is -2.34. The molecule has 3 rings (SSSR count). The number of ether oxygens (including phenoxy) is 2.